The van der Waals surface area contributed by atoms with Gasteiger partial charge in [0, 0.05) is 27.2 Å². The van der Waals surface area contributed by atoms with Crippen LogP contribution in [0.1, 0.15) is 20.1 Å². The van der Waals surface area contributed by atoms with E-state index >= 15 is 0 Å². The smallest absolute Gasteiger partial charge is 0.351 e. The molecule has 0 radical (unpaired) electrons. The summed E-state index contributed by atoms with van der Waals surface area (Å²) >= 11 is 8.99. The van der Waals surface area contributed by atoms with Crippen molar-refractivity contribution in [2.75, 3.05) is 13.7 Å². The van der Waals surface area contributed by atoms with Crippen molar-refractivity contribution in [3.05, 3.63) is 26.3 Å². The summed E-state index contributed by atoms with van der Waals surface area (Å²) < 4.78 is 22.9. The monoisotopic (exact) mass is 438 g/mol. The molecule has 0 aliphatic carbocycles. The number of nitrogens with zero attached hydrogens (tertiary/aromatic N) is 2. The van der Waals surface area contributed by atoms with Gasteiger partial charge in [-0.05, 0) is 15.9 Å². The predicted octanol–water partition coefficient (Wildman–Crippen LogP) is 1.07. The number of carbonyl (C=O) groups excluding carboxylic acids is 2. The fraction of sp³-hybridized carbons (Fsp3) is 0.571. The Bertz CT molecular complexity index is 726. The molecule has 0 aromatic carbocycles. The highest BCUT2D eigenvalue weighted by molar-refractivity contribution is 9.10. The molecule has 11 heteroatoms. The minimum atomic E-state index is -0.955. The Morgan fingerprint density at radius 2 is 2.04 bits per heavy atom. The third kappa shape index (κ3) is 4.57. The maximum absolute atomic E-state index is 12.2. The quantitative estimate of drug-likeness (QED) is 0.495. The summed E-state index contributed by atoms with van der Waals surface area (Å²) in [7, 11) is 1.38. The van der Waals surface area contributed by atoms with Crippen LogP contribution in [0.2, 0.25) is 5.15 Å². The molecule has 0 N–H and O–H groups in total. The van der Waals surface area contributed by atoms with E-state index in [0.717, 1.165) is 4.57 Å². The highest BCUT2D eigenvalue weighted by Gasteiger charge is 2.49. The topological polar surface area (TPSA) is 106 Å². The molecular weight excluding hydrogens is 424 g/mol. The average molecular weight is 440 g/mol. The molecule has 1 aliphatic rings. The van der Waals surface area contributed by atoms with Crippen molar-refractivity contribution >= 4 is 39.5 Å². The molecule has 1 saturated heterocycles. The third-order valence-corrected chi connectivity index (χ3v) is 4.55. The zero-order valence-corrected chi connectivity index (χ0v) is 15.9. The molecule has 0 spiro atoms. The summed E-state index contributed by atoms with van der Waals surface area (Å²) in [6.07, 6.45) is -2.08. The Balaban J connectivity index is 2.37. The number of hydrogen-bond donors (Lipinski definition) is 0. The van der Waals surface area contributed by atoms with Crippen LogP contribution in [0.4, 0.5) is 0 Å². The van der Waals surface area contributed by atoms with Crippen molar-refractivity contribution in [1.82, 2.24) is 9.55 Å². The second-order valence-corrected chi connectivity index (χ2v) is 6.42. The molecule has 1 aromatic rings. The molecule has 25 heavy (non-hydrogen) atoms. The van der Waals surface area contributed by atoms with Crippen molar-refractivity contribution in [3.63, 3.8) is 0 Å². The molecule has 1 fully saturated rings. The van der Waals surface area contributed by atoms with E-state index in [1.807, 2.05) is 0 Å². The van der Waals surface area contributed by atoms with E-state index < -0.39 is 42.2 Å². The van der Waals surface area contributed by atoms with Gasteiger partial charge in [0.25, 0.3) is 0 Å². The molecule has 0 amide bonds. The maximum Gasteiger partial charge on any atom is 0.351 e. The normalized spacial score (nSPS) is 25.6. The molecule has 2 heterocycles. The second-order valence-electron chi connectivity index (χ2n) is 5.21. The summed E-state index contributed by atoms with van der Waals surface area (Å²) in [5.74, 6) is -1.08. The Morgan fingerprint density at radius 3 is 2.60 bits per heavy atom. The van der Waals surface area contributed by atoms with Crippen molar-refractivity contribution in [3.8, 4) is 0 Å². The highest BCUT2D eigenvalue weighted by atomic mass is 79.9. The summed E-state index contributed by atoms with van der Waals surface area (Å²) in [4.78, 5) is 38.3. The molecule has 9 nitrogen and oxygen atoms in total. The van der Waals surface area contributed by atoms with Gasteiger partial charge in [0.2, 0.25) is 0 Å². The molecule has 138 valence electrons. The molecule has 2 rings (SSSR count). The van der Waals surface area contributed by atoms with Gasteiger partial charge in [0.1, 0.15) is 18.8 Å². The van der Waals surface area contributed by atoms with E-state index in [-0.39, 0.29) is 11.8 Å². The van der Waals surface area contributed by atoms with Gasteiger partial charge < -0.3 is 18.9 Å². The minimum Gasteiger partial charge on any atom is -0.463 e. The van der Waals surface area contributed by atoms with E-state index in [1.165, 1.54) is 27.2 Å². The maximum atomic E-state index is 12.2. The van der Waals surface area contributed by atoms with Gasteiger partial charge in [-0.2, -0.15) is 4.98 Å². The number of hydrogen-bond acceptors (Lipinski definition) is 8. The number of carbonyl (C=O) groups is 2. The summed E-state index contributed by atoms with van der Waals surface area (Å²) in [6, 6.07) is 0. The lowest BCUT2D eigenvalue weighted by molar-refractivity contribution is -0.157. The Kier molecular flexibility index (Phi) is 6.55. The molecule has 1 aliphatic heterocycles. The van der Waals surface area contributed by atoms with Gasteiger partial charge in [-0.25, -0.2) is 4.79 Å². The number of methoxy groups -OCH3 is 1. The first-order valence-corrected chi connectivity index (χ1v) is 8.34. The molecule has 0 unspecified atom stereocenters. The third-order valence-electron chi connectivity index (χ3n) is 3.45. The van der Waals surface area contributed by atoms with E-state index in [1.54, 1.807) is 0 Å². The van der Waals surface area contributed by atoms with E-state index in [4.69, 9.17) is 30.5 Å². The van der Waals surface area contributed by atoms with E-state index in [9.17, 15) is 14.4 Å². The lowest BCUT2D eigenvalue weighted by Gasteiger charge is -2.23. The number of esters is 2. The van der Waals surface area contributed by atoms with Crippen LogP contribution in [-0.4, -0.2) is 53.5 Å². The standard InChI is InChI=1S/C14H16BrClN2O7/c1-6(19)23-5-9-10(24-7(2)20)11(22-3)13(25-9)18-4-8(15)12(16)17-14(18)21/h4,9-11,13H,5H2,1-3H3/t9-,10-,11-,13-/m1/s1. The molecule has 0 bridgehead atoms. The number of ether oxygens (including phenoxy) is 4. The Morgan fingerprint density at radius 1 is 1.36 bits per heavy atom. The van der Waals surface area contributed by atoms with Crippen molar-refractivity contribution in [1.29, 1.82) is 0 Å². The van der Waals surface area contributed by atoms with Crippen molar-refractivity contribution in [2.45, 2.75) is 38.4 Å². The van der Waals surface area contributed by atoms with Gasteiger partial charge >= 0.3 is 17.6 Å². The van der Waals surface area contributed by atoms with Crippen LogP contribution in [0, 0.1) is 0 Å². The number of aromatic nitrogens is 2. The average Bonchev–Trinajstić information content (AvgIpc) is 2.85. The fourth-order valence-electron chi connectivity index (χ4n) is 2.46. The summed E-state index contributed by atoms with van der Waals surface area (Å²) in [5, 5.41) is 0.00112. The highest BCUT2D eigenvalue weighted by Crippen LogP contribution is 2.33. The number of rotatable bonds is 5. The Hall–Kier alpha value is -1.49. The van der Waals surface area contributed by atoms with Crippen LogP contribution >= 0.6 is 27.5 Å². The van der Waals surface area contributed by atoms with Gasteiger partial charge in [-0.15, -0.1) is 0 Å². The van der Waals surface area contributed by atoms with E-state index in [2.05, 4.69) is 20.9 Å². The molecule has 1 aromatic heterocycles. The minimum absolute atomic E-state index is 0.00112. The lowest BCUT2D eigenvalue weighted by Crippen LogP contribution is -2.40. The van der Waals surface area contributed by atoms with Gasteiger partial charge in [-0.1, -0.05) is 11.6 Å². The first-order valence-electron chi connectivity index (χ1n) is 7.17. The van der Waals surface area contributed by atoms with Crippen LogP contribution in [0.25, 0.3) is 0 Å². The first-order chi connectivity index (χ1) is 11.7. The van der Waals surface area contributed by atoms with Gasteiger partial charge in [0.15, 0.2) is 17.5 Å². The van der Waals surface area contributed by atoms with Crippen molar-refractivity contribution in [2.24, 2.45) is 0 Å². The zero-order valence-electron chi connectivity index (χ0n) is 13.6. The predicted molar refractivity (Wildman–Crippen MR) is 88.1 cm³/mol. The molecular formula is C14H16BrClN2O7. The van der Waals surface area contributed by atoms with Crippen LogP contribution in [0.15, 0.2) is 15.5 Å². The lowest BCUT2D eigenvalue weighted by atomic mass is 10.1. The largest absolute Gasteiger partial charge is 0.463 e. The summed E-state index contributed by atoms with van der Waals surface area (Å²) in [6.45, 7) is 2.31. The van der Waals surface area contributed by atoms with Gasteiger partial charge in [0.05, 0.1) is 4.47 Å². The van der Waals surface area contributed by atoms with Crippen LogP contribution in [0.3, 0.4) is 0 Å². The molecule has 0 saturated carbocycles. The van der Waals surface area contributed by atoms with Crippen LogP contribution in [-0.2, 0) is 28.5 Å². The van der Waals surface area contributed by atoms with Gasteiger partial charge in [-0.3, -0.25) is 14.2 Å². The second kappa shape index (κ2) is 8.26. The molecule has 4 atom stereocenters. The fourth-order valence-corrected chi connectivity index (χ4v) is 2.89. The first kappa shape index (κ1) is 19.8. The summed E-state index contributed by atoms with van der Waals surface area (Å²) in [5.41, 5.74) is -0.671. The van der Waals surface area contributed by atoms with Crippen molar-refractivity contribution < 1.29 is 28.5 Å². The van der Waals surface area contributed by atoms with Crippen LogP contribution < -0.4 is 5.69 Å². The Labute approximate surface area is 156 Å². The van der Waals surface area contributed by atoms with Crippen LogP contribution in [0.5, 0.6) is 0 Å². The number of halogens is 2. The SMILES string of the molecule is CO[C@@H]1[C@H](OC(C)=O)[C@@H](COC(C)=O)O[C@H]1n1cc(Br)c(Cl)nc1=O. The van der Waals surface area contributed by atoms with E-state index in [0.29, 0.717) is 4.47 Å². The zero-order chi connectivity index (χ0) is 18.7.